The number of nitrogens with one attached hydrogen (secondary N) is 1. The van der Waals surface area contributed by atoms with Crippen molar-refractivity contribution in [2.24, 2.45) is 0 Å². The number of carbonyl (C=O) groups excluding carboxylic acids is 1. The molecule has 1 aliphatic rings. The number of rotatable bonds is 7. The van der Waals surface area contributed by atoms with Crippen LogP contribution in [-0.2, 0) is 11.3 Å². The number of anilines is 1. The topological polar surface area (TPSA) is 73.0 Å². The third-order valence-electron chi connectivity index (χ3n) is 4.06. The summed E-state index contributed by atoms with van der Waals surface area (Å²) >= 11 is 1.22. The lowest BCUT2D eigenvalue weighted by atomic mass is 10.3. The van der Waals surface area contributed by atoms with Gasteiger partial charge in [-0.05, 0) is 37.1 Å². The lowest BCUT2D eigenvalue weighted by Crippen LogP contribution is -2.15. The molecule has 0 unspecified atom stereocenters. The van der Waals surface area contributed by atoms with Crippen LogP contribution in [0.4, 0.5) is 14.5 Å². The van der Waals surface area contributed by atoms with E-state index in [1.165, 1.54) is 11.8 Å². The van der Waals surface area contributed by atoms with Crippen LogP contribution >= 0.6 is 11.8 Å². The minimum atomic E-state index is -0.745. The number of hydrogen-bond acceptors (Lipinski definition) is 5. The Morgan fingerprint density at radius 3 is 2.70 bits per heavy atom. The molecule has 2 heterocycles. The zero-order valence-electron chi connectivity index (χ0n) is 14.2. The fourth-order valence-corrected chi connectivity index (χ4v) is 3.46. The van der Waals surface area contributed by atoms with Crippen molar-refractivity contribution in [1.82, 2.24) is 14.8 Å². The molecule has 1 fully saturated rings. The van der Waals surface area contributed by atoms with Gasteiger partial charge in [-0.2, -0.15) is 0 Å². The van der Waals surface area contributed by atoms with E-state index in [-0.39, 0.29) is 17.3 Å². The average molecular weight is 390 g/mol. The van der Waals surface area contributed by atoms with E-state index >= 15 is 0 Å². The number of carbonyl (C=O) groups is 1. The molecule has 6 nitrogen and oxygen atoms in total. The van der Waals surface area contributed by atoms with Gasteiger partial charge in [0.1, 0.15) is 23.2 Å². The van der Waals surface area contributed by atoms with Gasteiger partial charge in [0.2, 0.25) is 5.91 Å². The van der Waals surface area contributed by atoms with Crippen LogP contribution in [0.5, 0.6) is 0 Å². The van der Waals surface area contributed by atoms with Crippen molar-refractivity contribution in [3.05, 3.63) is 59.8 Å². The fraction of sp³-hybridized carbons (Fsp3) is 0.278. The van der Waals surface area contributed by atoms with Crippen molar-refractivity contribution < 1.29 is 18.0 Å². The number of nitrogens with zero attached hydrogens (tertiary/aromatic N) is 3. The summed E-state index contributed by atoms with van der Waals surface area (Å²) < 4.78 is 33.8. The standard InChI is InChI=1S/C18H16F2N4O2S/c19-12-6-13(20)8-14(7-12)21-16(25)10-27-18-23-22-17(11-3-4-11)24(18)9-15-2-1-5-26-15/h1-2,5-8,11H,3-4,9-10H2,(H,21,25). The predicted molar refractivity (Wildman–Crippen MR) is 95.5 cm³/mol. The summed E-state index contributed by atoms with van der Waals surface area (Å²) in [6.07, 6.45) is 3.76. The highest BCUT2D eigenvalue weighted by molar-refractivity contribution is 7.99. The van der Waals surface area contributed by atoms with Gasteiger partial charge in [-0.1, -0.05) is 11.8 Å². The summed E-state index contributed by atoms with van der Waals surface area (Å²) in [4.78, 5) is 12.1. The molecular formula is C18H16F2N4O2S. The molecule has 3 aromatic rings. The molecule has 1 aliphatic carbocycles. The molecule has 140 valence electrons. The van der Waals surface area contributed by atoms with E-state index in [2.05, 4.69) is 15.5 Å². The molecule has 4 rings (SSSR count). The molecule has 1 N–H and O–H groups in total. The van der Waals surface area contributed by atoms with Gasteiger partial charge in [0.05, 0.1) is 18.6 Å². The third-order valence-corrected chi connectivity index (χ3v) is 5.03. The summed E-state index contributed by atoms with van der Waals surface area (Å²) in [6.45, 7) is 0.491. The highest BCUT2D eigenvalue weighted by Gasteiger charge is 2.30. The van der Waals surface area contributed by atoms with Crippen LogP contribution in [0, 0.1) is 11.6 Å². The molecular weight excluding hydrogens is 374 g/mol. The second-order valence-corrected chi connectivity index (χ2v) is 7.22. The summed E-state index contributed by atoms with van der Waals surface area (Å²) in [5.74, 6) is 0.227. The van der Waals surface area contributed by atoms with Crippen LogP contribution in [-0.4, -0.2) is 26.4 Å². The van der Waals surface area contributed by atoms with Gasteiger partial charge in [-0.15, -0.1) is 10.2 Å². The van der Waals surface area contributed by atoms with Crippen molar-refractivity contribution in [2.75, 3.05) is 11.1 Å². The highest BCUT2D eigenvalue weighted by atomic mass is 32.2. The van der Waals surface area contributed by atoms with Gasteiger partial charge in [0, 0.05) is 17.7 Å². The second-order valence-electron chi connectivity index (χ2n) is 6.28. The van der Waals surface area contributed by atoms with Gasteiger partial charge < -0.3 is 9.73 Å². The SMILES string of the molecule is O=C(CSc1nnc(C2CC2)n1Cc1ccco1)Nc1cc(F)cc(F)c1. The smallest absolute Gasteiger partial charge is 0.234 e. The van der Waals surface area contributed by atoms with E-state index in [0.717, 1.165) is 42.6 Å². The summed E-state index contributed by atoms with van der Waals surface area (Å²) in [5, 5.41) is 11.6. The zero-order valence-corrected chi connectivity index (χ0v) is 15.0. The van der Waals surface area contributed by atoms with Crippen LogP contribution in [0.1, 0.15) is 30.3 Å². The number of halogens is 2. The van der Waals surface area contributed by atoms with Crippen LogP contribution in [0.25, 0.3) is 0 Å². The molecule has 1 aromatic carbocycles. The number of thioether (sulfide) groups is 1. The molecule has 0 aliphatic heterocycles. The lowest BCUT2D eigenvalue weighted by Gasteiger charge is -2.09. The molecule has 0 saturated heterocycles. The third kappa shape index (κ3) is 4.36. The van der Waals surface area contributed by atoms with Crippen LogP contribution < -0.4 is 5.32 Å². The maximum Gasteiger partial charge on any atom is 0.234 e. The van der Waals surface area contributed by atoms with Crippen molar-refractivity contribution in [3.8, 4) is 0 Å². The molecule has 0 atom stereocenters. The van der Waals surface area contributed by atoms with Crippen molar-refractivity contribution in [1.29, 1.82) is 0 Å². The largest absolute Gasteiger partial charge is 0.467 e. The van der Waals surface area contributed by atoms with E-state index in [0.29, 0.717) is 17.6 Å². The van der Waals surface area contributed by atoms with E-state index in [1.54, 1.807) is 6.26 Å². The van der Waals surface area contributed by atoms with Crippen molar-refractivity contribution in [2.45, 2.75) is 30.5 Å². The summed E-state index contributed by atoms with van der Waals surface area (Å²) in [5.41, 5.74) is 0.0776. The molecule has 0 bridgehead atoms. The molecule has 1 saturated carbocycles. The van der Waals surface area contributed by atoms with Gasteiger partial charge in [-0.3, -0.25) is 9.36 Å². The minimum Gasteiger partial charge on any atom is -0.467 e. The first kappa shape index (κ1) is 17.7. The van der Waals surface area contributed by atoms with Gasteiger partial charge in [0.15, 0.2) is 5.16 Å². The minimum absolute atomic E-state index is 0.0408. The zero-order chi connectivity index (χ0) is 18.8. The highest BCUT2D eigenvalue weighted by Crippen LogP contribution is 2.40. The normalized spacial score (nSPS) is 13.7. The Balaban J connectivity index is 1.43. The van der Waals surface area contributed by atoms with Crippen LogP contribution in [0.15, 0.2) is 46.2 Å². The van der Waals surface area contributed by atoms with Crippen LogP contribution in [0.2, 0.25) is 0 Å². The molecule has 1 amide bonds. The molecule has 0 radical (unpaired) electrons. The first-order chi connectivity index (χ1) is 13.1. The van der Waals surface area contributed by atoms with Crippen LogP contribution in [0.3, 0.4) is 0 Å². The maximum absolute atomic E-state index is 13.2. The Morgan fingerprint density at radius 1 is 1.26 bits per heavy atom. The predicted octanol–water partition coefficient (Wildman–Crippen LogP) is 3.81. The average Bonchev–Trinajstić information content (AvgIpc) is 3.17. The monoisotopic (exact) mass is 390 g/mol. The first-order valence-electron chi connectivity index (χ1n) is 8.43. The van der Waals surface area contributed by atoms with E-state index in [4.69, 9.17) is 4.42 Å². The Kier molecular flexibility index (Phi) is 4.93. The lowest BCUT2D eigenvalue weighted by molar-refractivity contribution is -0.113. The molecule has 27 heavy (non-hydrogen) atoms. The number of aromatic nitrogens is 3. The molecule has 2 aromatic heterocycles. The van der Waals surface area contributed by atoms with E-state index < -0.39 is 11.6 Å². The van der Waals surface area contributed by atoms with Gasteiger partial charge >= 0.3 is 0 Å². The Labute approximate surface area is 158 Å². The number of benzene rings is 1. The Morgan fingerprint density at radius 2 is 2.04 bits per heavy atom. The number of amides is 1. The number of hydrogen-bond donors (Lipinski definition) is 1. The summed E-state index contributed by atoms with van der Waals surface area (Å²) in [7, 11) is 0. The van der Waals surface area contributed by atoms with Crippen molar-refractivity contribution >= 4 is 23.4 Å². The van der Waals surface area contributed by atoms with Gasteiger partial charge in [-0.25, -0.2) is 8.78 Å². The quantitative estimate of drug-likeness (QED) is 0.621. The number of furan rings is 1. The van der Waals surface area contributed by atoms with Crippen molar-refractivity contribution in [3.63, 3.8) is 0 Å². The molecule has 9 heteroatoms. The first-order valence-corrected chi connectivity index (χ1v) is 9.41. The van der Waals surface area contributed by atoms with E-state index in [9.17, 15) is 13.6 Å². The summed E-state index contributed by atoms with van der Waals surface area (Å²) in [6, 6.07) is 6.57. The molecule has 0 spiro atoms. The Bertz CT molecular complexity index is 934. The van der Waals surface area contributed by atoms with E-state index in [1.807, 2.05) is 16.7 Å². The van der Waals surface area contributed by atoms with Gasteiger partial charge in [0.25, 0.3) is 0 Å². The second kappa shape index (κ2) is 7.51. The maximum atomic E-state index is 13.2. The Hall–Kier alpha value is -2.68. The fourth-order valence-electron chi connectivity index (χ4n) is 2.71.